The van der Waals surface area contributed by atoms with Crippen molar-refractivity contribution in [1.29, 1.82) is 0 Å². The first-order chi connectivity index (χ1) is 9.45. The Morgan fingerprint density at radius 1 is 1.24 bits per heavy atom. The van der Waals surface area contributed by atoms with Crippen LogP contribution in [0.4, 0.5) is 0 Å². The van der Waals surface area contributed by atoms with Crippen molar-refractivity contribution >= 4 is 15.8 Å². The van der Waals surface area contributed by atoms with Crippen molar-refractivity contribution in [3.63, 3.8) is 0 Å². The van der Waals surface area contributed by atoms with Crippen molar-refractivity contribution in [1.82, 2.24) is 0 Å². The van der Waals surface area contributed by atoms with Crippen LogP contribution in [-0.2, 0) is 14.6 Å². The van der Waals surface area contributed by atoms with E-state index in [1.165, 1.54) is 0 Å². The topological polar surface area (TPSA) is 71.4 Å². The molecule has 124 valence electrons. The van der Waals surface area contributed by atoms with Gasteiger partial charge in [-0.25, -0.2) is 8.42 Å². The predicted octanol–water partition coefficient (Wildman–Crippen LogP) is 3.36. The van der Waals surface area contributed by atoms with Crippen LogP contribution in [0, 0.1) is 23.7 Å². The number of rotatable bonds is 5. The fourth-order valence-corrected chi connectivity index (χ4v) is 4.39. The van der Waals surface area contributed by atoms with Gasteiger partial charge in [0.25, 0.3) is 0 Å². The third-order valence-electron chi connectivity index (χ3n) is 4.97. The second-order valence-electron chi connectivity index (χ2n) is 7.74. The summed E-state index contributed by atoms with van der Waals surface area (Å²) in [4.78, 5) is 11.4. The molecule has 1 N–H and O–H groups in total. The molecule has 1 aliphatic rings. The van der Waals surface area contributed by atoms with Gasteiger partial charge in [0.2, 0.25) is 0 Å². The molecule has 0 aromatic carbocycles. The number of carboxylic acids is 1. The van der Waals surface area contributed by atoms with Crippen molar-refractivity contribution in [2.75, 3.05) is 5.75 Å². The first kappa shape index (κ1) is 18.5. The average molecular weight is 318 g/mol. The molecule has 1 aliphatic carbocycles. The lowest BCUT2D eigenvalue weighted by Gasteiger charge is -2.36. The first-order valence-electron chi connectivity index (χ1n) is 7.91. The van der Waals surface area contributed by atoms with Crippen molar-refractivity contribution in [3.8, 4) is 0 Å². The third kappa shape index (κ3) is 4.70. The van der Waals surface area contributed by atoms with E-state index in [4.69, 9.17) is 0 Å². The lowest BCUT2D eigenvalue weighted by atomic mass is 9.70. The molecule has 1 fully saturated rings. The fourth-order valence-electron chi connectivity index (χ4n) is 3.16. The van der Waals surface area contributed by atoms with E-state index < -0.39 is 20.6 Å². The van der Waals surface area contributed by atoms with Crippen LogP contribution in [0.1, 0.15) is 60.3 Å². The molecule has 21 heavy (non-hydrogen) atoms. The molecule has 0 aromatic heterocycles. The SMILES string of the molecule is CC(C)C1CCC(C(=O)O)C(CCS(=O)(=O)C(C)(C)C)C1. The van der Waals surface area contributed by atoms with Gasteiger partial charge >= 0.3 is 5.97 Å². The van der Waals surface area contributed by atoms with Gasteiger partial charge in [-0.3, -0.25) is 4.79 Å². The monoisotopic (exact) mass is 318 g/mol. The van der Waals surface area contributed by atoms with E-state index in [2.05, 4.69) is 13.8 Å². The molecule has 1 rings (SSSR count). The molecule has 0 spiro atoms. The van der Waals surface area contributed by atoms with E-state index in [9.17, 15) is 18.3 Å². The highest BCUT2D eigenvalue weighted by molar-refractivity contribution is 7.92. The molecule has 0 heterocycles. The summed E-state index contributed by atoms with van der Waals surface area (Å²) in [5, 5.41) is 9.37. The van der Waals surface area contributed by atoms with Crippen LogP contribution in [0.25, 0.3) is 0 Å². The van der Waals surface area contributed by atoms with Gasteiger partial charge < -0.3 is 5.11 Å². The molecular formula is C16H30O4S. The quantitative estimate of drug-likeness (QED) is 0.843. The summed E-state index contributed by atoms with van der Waals surface area (Å²) in [7, 11) is -3.18. The molecule has 0 amide bonds. The summed E-state index contributed by atoms with van der Waals surface area (Å²) < 4.78 is 23.7. The van der Waals surface area contributed by atoms with Gasteiger partial charge in [0.15, 0.2) is 9.84 Å². The number of hydrogen-bond acceptors (Lipinski definition) is 3. The van der Waals surface area contributed by atoms with Gasteiger partial charge in [0, 0.05) is 0 Å². The summed E-state index contributed by atoms with van der Waals surface area (Å²) in [5.74, 6) is -0.0221. The lowest BCUT2D eigenvalue weighted by molar-refractivity contribution is -0.145. The Morgan fingerprint density at radius 3 is 2.24 bits per heavy atom. The first-order valence-corrected chi connectivity index (χ1v) is 9.56. The third-order valence-corrected chi connectivity index (χ3v) is 7.61. The lowest BCUT2D eigenvalue weighted by Crippen LogP contribution is -2.36. The molecule has 0 bridgehead atoms. The molecule has 5 heteroatoms. The van der Waals surface area contributed by atoms with E-state index in [0.717, 1.165) is 12.8 Å². The van der Waals surface area contributed by atoms with Crippen molar-refractivity contribution in [2.45, 2.75) is 65.0 Å². The summed E-state index contributed by atoms with van der Waals surface area (Å²) in [6.07, 6.45) is 2.93. The Balaban J connectivity index is 2.78. The highest BCUT2D eigenvalue weighted by Gasteiger charge is 2.37. The van der Waals surface area contributed by atoms with E-state index in [1.54, 1.807) is 20.8 Å². The molecule has 0 aromatic rings. The van der Waals surface area contributed by atoms with Gasteiger partial charge in [-0.15, -0.1) is 0 Å². The Hall–Kier alpha value is -0.580. The Labute approximate surface area is 129 Å². The second kappa shape index (κ2) is 6.67. The summed E-state index contributed by atoms with van der Waals surface area (Å²) in [5.41, 5.74) is 0. The molecule has 0 aliphatic heterocycles. The maximum atomic E-state index is 12.2. The number of hydrogen-bond donors (Lipinski definition) is 1. The van der Waals surface area contributed by atoms with Gasteiger partial charge in [-0.05, 0) is 64.2 Å². The predicted molar refractivity (Wildman–Crippen MR) is 85.0 cm³/mol. The van der Waals surface area contributed by atoms with Crippen LogP contribution in [0.15, 0.2) is 0 Å². The largest absolute Gasteiger partial charge is 0.481 e. The number of carboxylic acid groups (broad SMARTS) is 1. The molecule has 3 unspecified atom stereocenters. The van der Waals surface area contributed by atoms with E-state index >= 15 is 0 Å². The van der Waals surface area contributed by atoms with Gasteiger partial charge in [-0.2, -0.15) is 0 Å². The number of sulfone groups is 1. The van der Waals surface area contributed by atoms with Crippen LogP contribution in [0.2, 0.25) is 0 Å². The zero-order chi connectivity index (χ0) is 16.4. The number of carbonyl (C=O) groups is 1. The maximum Gasteiger partial charge on any atom is 0.306 e. The molecule has 0 radical (unpaired) electrons. The van der Waals surface area contributed by atoms with E-state index in [0.29, 0.717) is 24.7 Å². The Morgan fingerprint density at radius 2 is 1.81 bits per heavy atom. The van der Waals surface area contributed by atoms with Crippen LogP contribution in [0.5, 0.6) is 0 Å². The maximum absolute atomic E-state index is 12.2. The Bertz CT molecular complexity index is 459. The minimum atomic E-state index is -3.18. The highest BCUT2D eigenvalue weighted by Crippen LogP contribution is 2.39. The summed E-state index contributed by atoms with van der Waals surface area (Å²) >= 11 is 0. The minimum Gasteiger partial charge on any atom is -0.481 e. The standard InChI is InChI=1S/C16H30O4S/c1-11(2)12-6-7-14(15(17)18)13(10-12)8-9-21(19,20)16(3,4)5/h11-14H,6-10H2,1-5H3,(H,17,18). The molecule has 3 atom stereocenters. The highest BCUT2D eigenvalue weighted by atomic mass is 32.2. The van der Waals surface area contributed by atoms with Crippen LogP contribution in [0.3, 0.4) is 0 Å². The van der Waals surface area contributed by atoms with E-state index in [1.807, 2.05) is 0 Å². The summed E-state index contributed by atoms with van der Waals surface area (Å²) in [6, 6.07) is 0. The molecule has 0 saturated heterocycles. The zero-order valence-electron chi connectivity index (χ0n) is 13.9. The Kier molecular flexibility index (Phi) is 5.87. The van der Waals surface area contributed by atoms with E-state index in [-0.39, 0.29) is 17.6 Å². The van der Waals surface area contributed by atoms with Gasteiger partial charge in [0.1, 0.15) is 0 Å². The van der Waals surface area contributed by atoms with Crippen molar-refractivity contribution in [2.24, 2.45) is 23.7 Å². The average Bonchev–Trinajstić information content (AvgIpc) is 2.34. The van der Waals surface area contributed by atoms with Crippen LogP contribution < -0.4 is 0 Å². The zero-order valence-corrected chi connectivity index (χ0v) is 14.7. The van der Waals surface area contributed by atoms with Gasteiger partial charge in [-0.1, -0.05) is 13.8 Å². The van der Waals surface area contributed by atoms with Gasteiger partial charge in [0.05, 0.1) is 16.4 Å². The van der Waals surface area contributed by atoms with Crippen molar-refractivity contribution in [3.05, 3.63) is 0 Å². The fraction of sp³-hybridized carbons (Fsp3) is 0.938. The van der Waals surface area contributed by atoms with Crippen LogP contribution >= 0.6 is 0 Å². The second-order valence-corrected chi connectivity index (χ2v) is 10.6. The smallest absolute Gasteiger partial charge is 0.306 e. The minimum absolute atomic E-state index is 0.0132. The van der Waals surface area contributed by atoms with Crippen molar-refractivity contribution < 1.29 is 18.3 Å². The molecular weight excluding hydrogens is 288 g/mol. The summed E-state index contributed by atoms with van der Waals surface area (Å²) in [6.45, 7) is 9.43. The molecule has 1 saturated carbocycles. The van der Waals surface area contributed by atoms with Crippen LogP contribution in [-0.4, -0.2) is 30.0 Å². The number of aliphatic carboxylic acids is 1. The molecule has 4 nitrogen and oxygen atoms in total. The normalized spacial score (nSPS) is 27.8.